The predicted octanol–water partition coefficient (Wildman–Crippen LogP) is 1.83. The summed E-state index contributed by atoms with van der Waals surface area (Å²) in [4.78, 5) is 11.1. The largest absolute Gasteiger partial charge is 0.326 e. The second kappa shape index (κ2) is 5.12. The molecule has 1 aromatic carbocycles. The summed E-state index contributed by atoms with van der Waals surface area (Å²) in [7, 11) is -3.17. The van der Waals surface area contributed by atoms with Crippen molar-refractivity contribution < 1.29 is 13.2 Å². The van der Waals surface area contributed by atoms with Gasteiger partial charge in [-0.3, -0.25) is 4.79 Å². The molecular formula is C11H15NO3S. The van der Waals surface area contributed by atoms with E-state index in [1.807, 2.05) is 6.92 Å². The number of hydrogen-bond acceptors (Lipinski definition) is 3. The molecule has 0 radical (unpaired) electrons. The molecule has 0 unspecified atom stereocenters. The third-order valence-electron chi connectivity index (χ3n) is 2.01. The molecule has 1 rings (SSSR count). The second-order valence-corrected chi connectivity index (χ2v) is 5.63. The molecule has 0 aromatic heterocycles. The number of hydrogen-bond donors (Lipinski definition) is 1. The lowest BCUT2D eigenvalue weighted by atomic mass is 10.3. The van der Waals surface area contributed by atoms with E-state index in [2.05, 4.69) is 5.32 Å². The molecule has 0 saturated carbocycles. The average Bonchev–Trinajstić information content (AvgIpc) is 2.17. The Kier molecular flexibility index (Phi) is 4.06. The lowest BCUT2D eigenvalue weighted by Gasteiger charge is -2.05. The molecule has 88 valence electrons. The van der Waals surface area contributed by atoms with E-state index < -0.39 is 9.84 Å². The molecule has 1 aromatic rings. The van der Waals surface area contributed by atoms with Gasteiger partial charge < -0.3 is 5.32 Å². The standard InChI is InChI=1S/C11H15NO3S/c1-3-8-16(14,15)11-6-4-10(5-7-11)12-9(2)13/h4-7H,3,8H2,1-2H3,(H,12,13). The molecule has 4 nitrogen and oxygen atoms in total. The minimum atomic E-state index is -3.17. The van der Waals surface area contributed by atoms with Crippen molar-refractivity contribution in [1.29, 1.82) is 0 Å². The lowest BCUT2D eigenvalue weighted by Crippen LogP contribution is -2.08. The highest BCUT2D eigenvalue weighted by Gasteiger charge is 2.12. The molecule has 0 fully saturated rings. The monoisotopic (exact) mass is 241 g/mol. The number of carbonyl (C=O) groups excluding carboxylic acids is 1. The van der Waals surface area contributed by atoms with Gasteiger partial charge in [0.05, 0.1) is 10.6 Å². The zero-order valence-corrected chi connectivity index (χ0v) is 10.2. The minimum absolute atomic E-state index is 0.145. The highest BCUT2D eigenvalue weighted by atomic mass is 32.2. The second-order valence-electron chi connectivity index (χ2n) is 3.52. The van der Waals surface area contributed by atoms with Gasteiger partial charge in [-0.15, -0.1) is 0 Å². The van der Waals surface area contributed by atoms with Crippen molar-refractivity contribution >= 4 is 21.4 Å². The van der Waals surface area contributed by atoms with E-state index in [0.717, 1.165) is 0 Å². The predicted molar refractivity (Wildman–Crippen MR) is 63.1 cm³/mol. The normalized spacial score (nSPS) is 11.1. The summed E-state index contributed by atoms with van der Waals surface area (Å²) in [5.41, 5.74) is 0.600. The van der Waals surface area contributed by atoms with Crippen LogP contribution in [0.2, 0.25) is 0 Å². The van der Waals surface area contributed by atoms with Crippen molar-refractivity contribution in [2.45, 2.75) is 25.2 Å². The summed E-state index contributed by atoms with van der Waals surface area (Å²) in [6.07, 6.45) is 0.593. The summed E-state index contributed by atoms with van der Waals surface area (Å²) >= 11 is 0. The van der Waals surface area contributed by atoms with E-state index >= 15 is 0 Å². The zero-order valence-electron chi connectivity index (χ0n) is 9.36. The van der Waals surface area contributed by atoms with Crippen LogP contribution in [-0.4, -0.2) is 20.1 Å². The Balaban J connectivity index is 2.91. The first-order chi connectivity index (χ1) is 7.45. The first-order valence-corrected chi connectivity index (χ1v) is 6.71. The quantitative estimate of drug-likeness (QED) is 0.874. The summed E-state index contributed by atoms with van der Waals surface area (Å²) in [6.45, 7) is 3.23. The van der Waals surface area contributed by atoms with Gasteiger partial charge in [0.25, 0.3) is 0 Å². The van der Waals surface area contributed by atoms with Crippen molar-refractivity contribution in [2.75, 3.05) is 11.1 Å². The molecule has 0 heterocycles. The molecule has 16 heavy (non-hydrogen) atoms. The molecule has 0 atom stereocenters. The van der Waals surface area contributed by atoms with Crippen molar-refractivity contribution in [2.24, 2.45) is 0 Å². The van der Waals surface area contributed by atoms with Crippen LogP contribution < -0.4 is 5.32 Å². The maximum atomic E-state index is 11.7. The summed E-state index contributed by atoms with van der Waals surface area (Å²) in [6, 6.07) is 6.19. The van der Waals surface area contributed by atoms with E-state index in [4.69, 9.17) is 0 Å². The summed E-state index contributed by atoms with van der Waals surface area (Å²) < 4.78 is 23.4. The number of anilines is 1. The van der Waals surface area contributed by atoms with Gasteiger partial charge >= 0.3 is 0 Å². The summed E-state index contributed by atoms with van der Waals surface area (Å²) in [5.74, 6) is -0.0314. The Bertz CT molecular complexity index is 463. The maximum absolute atomic E-state index is 11.7. The first-order valence-electron chi connectivity index (χ1n) is 5.06. The molecule has 0 saturated heterocycles. The number of nitrogens with one attached hydrogen (secondary N) is 1. The van der Waals surface area contributed by atoms with Crippen LogP contribution in [0.4, 0.5) is 5.69 Å². The van der Waals surface area contributed by atoms with Crippen LogP contribution in [0.1, 0.15) is 20.3 Å². The molecule has 1 N–H and O–H groups in total. The van der Waals surface area contributed by atoms with Gasteiger partial charge in [-0.05, 0) is 30.7 Å². The van der Waals surface area contributed by atoms with Gasteiger partial charge in [-0.25, -0.2) is 8.42 Å². The van der Waals surface area contributed by atoms with Crippen molar-refractivity contribution in [3.63, 3.8) is 0 Å². The number of sulfone groups is 1. The molecule has 0 aliphatic rings. The average molecular weight is 241 g/mol. The molecule has 0 aliphatic carbocycles. The Hall–Kier alpha value is -1.36. The highest BCUT2D eigenvalue weighted by Crippen LogP contribution is 2.15. The SMILES string of the molecule is CCCS(=O)(=O)c1ccc(NC(C)=O)cc1. The zero-order chi connectivity index (χ0) is 12.2. The van der Waals surface area contributed by atoms with Gasteiger partial charge in [0.15, 0.2) is 9.84 Å². The van der Waals surface area contributed by atoms with Crippen LogP contribution >= 0.6 is 0 Å². The third kappa shape index (κ3) is 3.34. The molecule has 0 bridgehead atoms. The Morgan fingerprint density at radius 2 is 1.81 bits per heavy atom. The minimum Gasteiger partial charge on any atom is -0.326 e. The van der Waals surface area contributed by atoms with Crippen LogP contribution in [0.25, 0.3) is 0 Å². The van der Waals surface area contributed by atoms with E-state index in [1.165, 1.54) is 19.1 Å². The summed E-state index contributed by atoms with van der Waals surface area (Å²) in [5, 5.41) is 2.58. The number of benzene rings is 1. The third-order valence-corrected chi connectivity index (χ3v) is 3.94. The smallest absolute Gasteiger partial charge is 0.221 e. The first kappa shape index (κ1) is 12.7. The molecule has 1 amide bonds. The van der Waals surface area contributed by atoms with Gasteiger partial charge in [0.1, 0.15) is 0 Å². The molecular weight excluding hydrogens is 226 g/mol. The highest BCUT2D eigenvalue weighted by molar-refractivity contribution is 7.91. The number of carbonyl (C=O) groups is 1. The van der Waals surface area contributed by atoms with Gasteiger partial charge in [-0.2, -0.15) is 0 Å². The molecule has 0 spiro atoms. The van der Waals surface area contributed by atoms with Gasteiger partial charge in [-0.1, -0.05) is 6.92 Å². The van der Waals surface area contributed by atoms with Gasteiger partial charge in [0.2, 0.25) is 5.91 Å². The van der Waals surface area contributed by atoms with Gasteiger partial charge in [0, 0.05) is 12.6 Å². The van der Waals surface area contributed by atoms with Crippen LogP contribution in [0.15, 0.2) is 29.2 Å². The fourth-order valence-corrected chi connectivity index (χ4v) is 2.66. The van der Waals surface area contributed by atoms with Crippen molar-refractivity contribution in [1.82, 2.24) is 0 Å². The van der Waals surface area contributed by atoms with Crippen LogP contribution in [0, 0.1) is 0 Å². The molecule has 0 aliphatic heterocycles. The molecule has 5 heteroatoms. The number of rotatable bonds is 4. The lowest BCUT2D eigenvalue weighted by molar-refractivity contribution is -0.114. The Morgan fingerprint density at radius 1 is 1.25 bits per heavy atom. The number of amides is 1. The van der Waals surface area contributed by atoms with E-state index in [1.54, 1.807) is 12.1 Å². The fourth-order valence-electron chi connectivity index (χ4n) is 1.34. The van der Waals surface area contributed by atoms with Crippen LogP contribution in [0.3, 0.4) is 0 Å². The topological polar surface area (TPSA) is 63.2 Å². The van der Waals surface area contributed by atoms with Crippen LogP contribution in [0.5, 0.6) is 0 Å². The Labute approximate surface area is 95.6 Å². The van der Waals surface area contributed by atoms with E-state index in [0.29, 0.717) is 17.0 Å². The Morgan fingerprint density at radius 3 is 2.25 bits per heavy atom. The van der Waals surface area contributed by atoms with Crippen molar-refractivity contribution in [3.8, 4) is 0 Å². The maximum Gasteiger partial charge on any atom is 0.221 e. The van der Waals surface area contributed by atoms with Crippen LogP contribution in [-0.2, 0) is 14.6 Å². The fraction of sp³-hybridized carbons (Fsp3) is 0.364. The van der Waals surface area contributed by atoms with E-state index in [-0.39, 0.29) is 11.7 Å². The van der Waals surface area contributed by atoms with Crippen molar-refractivity contribution in [3.05, 3.63) is 24.3 Å². The van der Waals surface area contributed by atoms with E-state index in [9.17, 15) is 13.2 Å².